The van der Waals surface area contributed by atoms with Gasteiger partial charge in [0.1, 0.15) is 17.5 Å². The number of rotatable bonds is 5. The molecule has 1 aromatic carbocycles. The molecule has 0 aliphatic carbocycles. The zero-order valence-electron chi connectivity index (χ0n) is 13.6. The number of hydrogen-bond acceptors (Lipinski definition) is 4. The number of anilines is 1. The van der Waals surface area contributed by atoms with Crippen LogP contribution in [0.5, 0.6) is 0 Å². The number of nitrogens with zero attached hydrogens (tertiary/aromatic N) is 3. The molecule has 0 spiro atoms. The molecule has 0 bridgehead atoms. The van der Waals surface area contributed by atoms with Crippen molar-refractivity contribution in [2.24, 2.45) is 0 Å². The Bertz CT molecular complexity index is 921. The van der Waals surface area contributed by atoms with E-state index in [2.05, 4.69) is 26.8 Å². The first kappa shape index (κ1) is 17.3. The zero-order chi connectivity index (χ0) is 18.5. The van der Waals surface area contributed by atoms with Crippen molar-refractivity contribution < 1.29 is 13.6 Å². The fourth-order valence-corrected chi connectivity index (χ4v) is 2.28. The van der Waals surface area contributed by atoms with Crippen molar-refractivity contribution in [3.63, 3.8) is 0 Å². The van der Waals surface area contributed by atoms with E-state index in [0.717, 1.165) is 11.6 Å². The molecule has 0 atom stereocenters. The molecule has 0 saturated carbocycles. The largest absolute Gasteiger partial charge is 0.304 e. The predicted molar refractivity (Wildman–Crippen MR) is 93.5 cm³/mol. The smallest absolute Gasteiger partial charge is 0.294 e. The van der Waals surface area contributed by atoms with E-state index in [1.165, 1.54) is 30.7 Å². The summed E-state index contributed by atoms with van der Waals surface area (Å²) >= 11 is 0. The maximum Gasteiger partial charge on any atom is 0.294 e. The maximum atomic E-state index is 13.2. The molecule has 3 aromatic rings. The summed E-state index contributed by atoms with van der Waals surface area (Å²) in [6.45, 7) is 3.59. The van der Waals surface area contributed by atoms with Gasteiger partial charge < -0.3 is 5.32 Å². The van der Waals surface area contributed by atoms with E-state index < -0.39 is 17.5 Å². The molecule has 0 fully saturated rings. The SMILES string of the molecule is C=Cc1cnc(C(=O)Nc2ccc(Cc3cc(F)cc(F)c3)cn2)nc1. The summed E-state index contributed by atoms with van der Waals surface area (Å²) in [7, 11) is 0. The summed E-state index contributed by atoms with van der Waals surface area (Å²) < 4.78 is 26.5. The minimum Gasteiger partial charge on any atom is -0.304 e. The highest BCUT2D eigenvalue weighted by atomic mass is 19.1. The molecule has 2 heterocycles. The number of amides is 1. The van der Waals surface area contributed by atoms with Crippen molar-refractivity contribution in [1.82, 2.24) is 15.0 Å². The van der Waals surface area contributed by atoms with Crippen molar-refractivity contribution in [2.45, 2.75) is 6.42 Å². The third-order valence-electron chi connectivity index (χ3n) is 3.51. The standard InChI is InChI=1S/C19H14F2N4O/c1-2-12-9-23-18(24-10-12)19(26)25-17-4-3-13(11-22-17)5-14-6-15(20)8-16(21)7-14/h2-4,6-11H,1,5H2,(H,22,25,26). The van der Waals surface area contributed by atoms with Crippen LogP contribution in [0, 0.1) is 11.6 Å². The lowest BCUT2D eigenvalue weighted by atomic mass is 10.1. The van der Waals surface area contributed by atoms with Crippen LogP contribution in [0.4, 0.5) is 14.6 Å². The Balaban J connectivity index is 1.66. The highest BCUT2D eigenvalue weighted by Gasteiger charge is 2.10. The van der Waals surface area contributed by atoms with Crippen molar-refractivity contribution in [3.8, 4) is 0 Å². The minimum absolute atomic E-state index is 0.0108. The van der Waals surface area contributed by atoms with Crippen LogP contribution >= 0.6 is 0 Å². The topological polar surface area (TPSA) is 67.8 Å². The van der Waals surface area contributed by atoms with Gasteiger partial charge in [-0.05, 0) is 35.7 Å². The number of benzene rings is 1. The third kappa shape index (κ3) is 4.32. The third-order valence-corrected chi connectivity index (χ3v) is 3.51. The Hall–Kier alpha value is -3.48. The van der Waals surface area contributed by atoms with Gasteiger partial charge in [0, 0.05) is 30.2 Å². The molecule has 2 aromatic heterocycles. The van der Waals surface area contributed by atoms with Gasteiger partial charge in [-0.2, -0.15) is 0 Å². The molecule has 26 heavy (non-hydrogen) atoms. The van der Waals surface area contributed by atoms with E-state index in [1.807, 2.05) is 0 Å². The van der Waals surface area contributed by atoms with E-state index in [1.54, 1.807) is 18.2 Å². The zero-order valence-corrected chi connectivity index (χ0v) is 13.6. The number of pyridine rings is 1. The molecular formula is C19H14F2N4O. The maximum absolute atomic E-state index is 13.2. The van der Waals surface area contributed by atoms with Crippen LogP contribution in [-0.2, 0) is 6.42 Å². The summed E-state index contributed by atoms with van der Waals surface area (Å²) in [5.41, 5.74) is 1.95. The normalized spacial score (nSPS) is 10.4. The molecule has 0 aliphatic heterocycles. The average Bonchev–Trinajstić information content (AvgIpc) is 2.62. The molecule has 3 rings (SSSR count). The molecule has 130 valence electrons. The van der Waals surface area contributed by atoms with Gasteiger partial charge in [0.15, 0.2) is 0 Å². The van der Waals surface area contributed by atoms with Gasteiger partial charge in [0.05, 0.1) is 0 Å². The fourth-order valence-electron chi connectivity index (χ4n) is 2.28. The fraction of sp³-hybridized carbons (Fsp3) is 0.0526. The summed E-state index contributed by atoms with van der Waals surface area (Å²) in [6, 6.07) is 6.67. The van der Waals surface area contributed by atoms with Crippen molar-refractivity contribution in [3.05, 3.63) is 89.7 Å². The number of carbonyl (C=O) groups is 1. The highest BCUT2D eigenvalue weighted by molar-refractivity contribution is 6.00. The van der Waals surface area contributed by atoms with Gasteiger partial charge in [0.2, 0.25) is 5.82 Å². The Kier molecular flexibility index (Phi) is 5.07. The van der Waals surface area contributed by atoms with Crippen LogP contribution in [0.15, 0.2) is 55.5 Å². The summed E-state index contributed by atoms with van der Waals surface area (Å²) in [6.07, 6.45) is 6.40. The predicted octanol–water partition coefficient (Wildman–Crippen LogP) is 3.64. The monoisotopic (exact) mass is 352 g/mol. The van der Waals surface area contributed by atoms with E-state index in [0.29, 0.717) is 23.4 Å². The lowest BCUT2D eigenvalue weighted by Crippen LogP contribution is -2.16. The van der Waals surface area contributed by atoms with E-state index in [9.17, 15) is 13.6 Å². The highest BCUT2D eigenvalue weighted by Crippen LogP contribution is 2.14. The number of halogens is 2. The first-order chi connectivity index (χ1) is 12.5. The van der Waals surface area contributed by atoms with Crippen LogP contribution in [-0.4, -0.2) is 20.9 Å². The molecular weight excluding hydrogens is 338 g/mol. The Morgan fingerprint density at radius 3 is 2.27 bits per heavy atom. The molecule has 0 unspecified atom stereocenters. The molecule has 1 N–H and O–H groups in total. The van der Waals surface area contributed by atoms with Crippen molar-refractivity contribution in [2.75, 3.05) is 5.32 Å². The first-order valence-electron chi connectivity index (χ1n) is 7.69. The second-order valence-electron chi connectivity index (χ2n) is 5.50. The van der Waals surface area contributed by atoms with E-state index >= 15 is 0 Å². The van der Waals surface area contributed by atoms with E-state index in [4.69, 9.17) is 0 Å². The number of aromatic nitrogens is 3. The average molecular weight is 352 g/mol. The van der Waals surface area contributed by atoms with Crippen LogP contribution in [0.3, 0.4) is 0 Å². The lowest BCUT2D eigenvalue weighted by molar-refractivity contribution is 0.101. The summed E-state index contributed by atoms with van der Waals surface area (Å²) in [5, 5.41) is 2.58. The van der Waals surface area contributed by atoms with Crippen LogP contribution in [0.25, 0.3) is 6.08 Å². The van der Waals surface area contributed by atoms with E-state index in [-0.39, 0.29) is 5.82 Å². The minimum atomic E-state index is -0.626. The van der Waals surface area contributed by atoms with Crippen LogP contribution < -0.4 is 5.32 Å². The molecule has 5 nitrogen and oxygen atoms in total. The van der Waals surface area contributed by atoms with Crippen LogP contribution in [0.2, 0.25) is 0 Å². The van der Waals surface area contributed by atoms with Gasteiger partial charge in [-0.15, -0.1) is 0 Å². The Labute approximate surface area is 148 Å². The molecule has 7 heteroatoms. The Morgan fingerprint density at radius 2 is 1.69 bits per heavy atom. The first-order valence-corrected chi connectivity index (χ1v) is 7.69. The molecule has 0 aliphatic rings. The lowest BCUT2D eigenvalue weighted by Gasteiger charge is -2.06. The van der Waals surface area contributed by atoms with Gasteiger partial charge in [-0.1, -0.05) is 18.7 Å². The number of hydrogen-bond donors (Lipinski definition) is 1. The van der Waals surface area contributed by atoms with Gasteiger partial charge in [0.25, 0.3) is 5.91 Å². The molecule has 0 radical (unpaired) electrons. The summed E-state index contributed by atoms with van der Waals surface area (Å²) in [4.78, 5) is 24.1. The Morgan fingerprint density at radius 1 is 1.00 bits per heavy atom. The van der Waals surface area contributed by atoms with Crippen LogP contribution in [0.1, 0.15) is 27.3 Å². The second kappa shape index (κ2) is 7.60. The van der Waals surface area contributed by atoms with Crippen molar-refractivity contribution in [1.29, 1.82) is 0 Å². The number of carbonyl (C=O) groups excluding carboxylic acids is 1. The van der Waals surface area contributed by atoms with Gasteiger partial charge in [-0.3, -0.25) is 4.79 Å². The second-order valence-corrected chi connectivity index (χ2v) is 5.50. The quantitative estimate of drug-likeness (QED) is 0.761. The van der Waals surface area contributed by atoms with Gasteiger partial charge in [-0.25, -0.2) is 23.7 Å². The van der Waals surface area contributed by atoms with Gasteiger partial charge >= 0.3 is 0 Å². The van der Waals surface area contributed by atoms with Crippen molar-refractivity contribution >= 4 is 17.8 Å². The molecule has 1 amide bonds. The molecule has 0 saturated heterocycles. The summed E-state index contributed by atoms with van der Waals surface area (Å²) in [5.74, 6) is -1.41. The number of nitrogens with one attached hydrogen (secondary N) is 1.